The Kier molecular flexibility index (Phi) is 3.36. The van der Waals surface area contributed by atoms with E-state index in [1.165, 1.54) is 16.8 Å². The van der Waals surface area contributed by atoms with Crippen molar-refractivity contribution in [2.45, 2.75) is 13.1 Å². The van der Waals surface area contributed by atoms with Gasteiger partial charge in [-0.15, -0.1) is 5.10 Å². The lowest BCUT2D eigenvalue weighted by Gasteiger charge is -2.08. The third kappa shape index (κ3) is 2.67. The highest BCUT2D eigenvalue weighted by molar-refractivity contribution is 5.53. The van der Waals surface area contributed by atoms with Gasteiger partial charge < -0.3 is 0 Å². The SMILES string of the molecule is Cc1ccnc(-c2nnnn2-c2ccc(C(F)(F)F)cc2)c1. The minimum absolute atomic E-state index is 0.364. The van der Waals surface area contributed by atoms with Crippen LogP contribution in [0.25, 0.3) is 17.2 Å². The molecule has 5 nitrogen and oxygen atoms in total. The Hall–Kier alpha value is -2.77. The summed E-state index contributed by atoms with van der Waals surface area (Å²) in [6.07, 6.45) is -2.75. The van der Waals surface area contributed by atoms with E-state index >= 15 is 0 Å². The van der Waals surface area contributed by atoms with Crippen LogP contribution in [0.5, 0.6) is 0 Å². The lowest BCUT2D eigenvalue weighted by molar-refractivity contribution is -0.137. The zero-order chi connectivity index (χ0) is 15.7. The maximum Gasteiger partial charge on any atom is 0.416 e. The Bertz CT molecular complexity index is 793. The summed E-state index contributed by atoms with van der Waals surface area (Å²) in [6.45, 7) is 1.90. The summed E-state index contributed by atoms with van der Waals surface area (Å²) in [7, 11) is 0. The van der Waals surface area contributed by atoms with Crippen LogP contribution in [0.1, 0.15) is 11.1 Å². The normalized spacial score (nSPS) is 11.6. The zero-order valence-corrected chi connectivity index (χ0v) is 11.4. The fourth-order valence-corrected chi connectivity index (χ4v) is 1.97. The molecule has 0 amide bonds. The molecule has 0 aliphatic heterocycles. The van der Waals surface area contributed by atoms with Crippen molar-refractivity contribution in [3.05, 3.63) is 53.7 Å². The molecule has 1 aromatic carbocycles. The number of tetrazole rings is 1. The predicted molar refractivity (Wildman–Crippen MR) is 72.1 cm³/mol. The molecule has 0 N–H and O–H groups in total. The van der Waals surface area contributed by atoms with Crippen molar-refractivity contribution < 1.29 is 13.2 Å². The minimum Gasteiger partial charge on any atom is -0.253 e. The summed E-state index contributed by atoms with van der Waals surface area (Å²) in [6, 6.07) is 8.24. The van der Waals surface area contributed by atoms with E-state index in [1.807, 2.05) is 13.0 Å². The average Bonchev–Trinajstić information content (AvgIpc) is 2.96. The standard InChI is InChI=1S/C14H10F3N5/c1-9-6-7-18-12(8-9)13-19-20-21-22(13)11-4-2-10(3-5-11)14(15,16)17/h2-8H,1H3. The number of aryl methyl sites for hydroxylation is 1. The maximum absolute atomic E-state index is 12.6. The summed E-state index contributed by atoms with van der Waals surface area (Å²) < 4.78 is 39.1. The van der Waals surface area contributed by atoms with E-state index in [-0.39, 0.29) is 0 Å². The summed E-state index contributed by atoms with van der Waals surface area (Å²) >= 11 is 0. The number of alkyl halides is 3. The maximum atomic E-state index is 12.6. The lowest BCUT2D eigenvalue weighted by atomic mass is 10.2. The molecule has 8 heteroatoms. The summed E-state index contributed by atoms with van der Waals surface area (Å²) in [5.74, 6) is 0.364. The van der Waals surface area contributed by atoms with Crippen LogP contribution in [-0.2, 0) is 6.18 Å². The molecule has 0 aliphatic rings. The number of halogens is 3. The van der Waals surface area contributed by atoms with E-state index in [1.54, 1.807) is 12.3 Å². The van der Waals surface area contributed by atoms with Gasteiger partial charge in [0.05, 0.1) is 11.3 Å². The highest BCUT2D eigenvalue weighted by Crippen LogP contribution is 2.30. The molecule has 0 unspecified atom stereocenters. The van der Waals surface area contributed by atoms with Crippen molar-refractivity contribution in [2.24, 2.45) is 0 Å². The topological polar surface area (TPSA) is 56.5 Å². The second-order valence-corrected chi connectivity index (χ2v) is 4.68. The largest absolute Gasteiger partial charge is 0.416 e. The Morgan fingerprint density at radius 3 is 2.41 bits per heavy atom. The zero-order valence-electron chi connectivity index (χ0n) is 11.4. The van der Waals surface area contributed by atoms with Crippen molar-refractivity contribution in [1.82, 2.24) is 25.2 Å². The highest BCUT2D eigenvalue weighted by atomic mass is 19.4. The van der Waals surface area contributed by atoms with Crippen molar-refractivity contribution in [2.75, 3.05) is 0 Å². The first-order chi connectivity index (χ1) is 10.4. The summed E-state index contributed by atoms with van der Waals surface area (Å²) in [5.41, 5.74) is 1.23. The fourth-order valence-electron chi connectivity index (χ4n) is 1.97. The highest BCUT2D eigenvalue weighted by Gasteiger charge is 2.30. The molecule has 0 bridgehead atoms. The van der Waals surface area contributed by atoms with Crippen molar-refractivity contribution in [1.29, 1.82) is 0 Å². The van der Waals surface area contributed by atoms with Crippen LogP contribution in [0.4, 0.5) is 13.2 Å². The molecule has 112 valence electrons. The van der Waals surface area contributed by atoms with Gasteiger partial charge >= 0.3 is 6.18 Å². The number of pyridine rings is 1. The molecule has 3 aromatic rings. The van der Waals surface area contributed by atoms with Crippen LogP contribution in [0.3, 0.4) is 0 Å². The fraction of sp³-hybridized carbons (Fsp3) is 0.143. The van der Waals surface area contributed by atoms with Gasteiger partial charge in [0.25, 0.3) is 0 Å². The van der Waals surface area contributed by atoms with Gasteiger partial charge in [0.15, 0.2) is 0 Å². The second kappa shape index (κ2) is 5.21. The first-order valence-corrected chi connectivity index (χ1v) is 6.34. The molecule has 2 aromatic heterocycles. The van der Waals surface area contributed by atoms with Crippen LogP contribution in [0, 0.1) is 6.92 Å². The summed E-state index contributed by atoms with van der Waals surface area (Å²) in [5, 5.41) is 11.3. The number of nitrogens with zero attached hydrogens (tertiary/aromatic N) is 5. The van der Waals surface area contributed by atoms with Crippen molar-refractivity contribution >= 4 is 0 Å². The van der Waals surface area contributed by atoms with Gasteiger partial charge in [0.1, 0.15) is 5.69 Å². The molecule has 0 atom stereocenters. The van der Waals surface area contributed by atoms with E-state index in [4.69, 9.17) is 0 Å². The Labute approximate surface area is 123 Å². The Morgan fingerprint density at radius 1 is 1.05 bits per heavy atom. The van der Waals surface area contributed by atoms with E-state index in [2.05, 4.69) is 20.5 Å². The van der Waals surface area contributed by atoms with Gasteiger partial charge in [0, 0.05) is 6.20 Å². The van der Waals surface area contributed by atoms with Crippen LogP contribution < -0.4 is 0 Å². The summed E-state index contributed by atoms with van der Waals surface area (Å²) in [4.78, 5) is 4.18. The molecule has 0 aliphatic carbocycles. The average molecular weight is 305 g/mol. The smallest absolute Gasteiger partial charge is 0.253 e. The second-order valence-electron chi connectivity index (χ2n) is 4.68. The monoisotopic (exact) mass is 305 g/mol. The first kappa shape index (κ1) is 14.2. The van der Waals surface area contributed by atoms with Crippen LogP contribution in [0.2, 0.25) is 0 Å². The molecular formula is C14H10F3N5. The third-order valence-electron chi connectivity index (χ3n) is 3.05. The number of aromatic nitrogens is 5. The molecular weight excluding hydrogens is 295 g/mol. The molecule has 22 heavy (non-hydrogen) atoms. The van der Waals surface area contributed by atoms with Crippen LogP contribution in [-0.4, -0.2) is 25.2 Å². The molecule has 3 rings (SSSR count). The van der Waals surface area contributed by atoms with Gasteiger partial charge in [-0.05, 0) is 59.3 Å². The van der Waals surface area contributed by atoms with E-state index < -0.39 is 11.7 Å². The Balaban J connectivity index is 2.02. The molecule has 0 saturated carbocycles. The van der Waals surface area contributed by atoms with Gasteiger partial charge in [-0.3, -0.25) is 4.98 Å². The molecule has 2 heterocycles. The lowest BCUT2D eigenvalue weighted by Crippen LogP contribution is -2.06. The third-order valence-corrected chi connectivity index (χ3v) is 3.05. The Morgan fingerprint density at radius 2 is 1.77 bits per heavy atom. The van der Waals surface area contributed by atoms with Crippen LogP contribution >= 0.6 is 0 Å². The number of hydrogen-bond donors (Lipinski definition) is 0. The van der Waals surface area contributed by atoms with E-state index in [0.717, 1.165) is 17.7 Å². The number of benzene rings is 1. The molecule has 0 saturated heterocycles. The van der Waals surface area contributed by atoms with E-state index in [9.17, 15) is 13.2 Å². The number of hydrogen-bond acceptors (Lipinski definition) is 4. The molecule has 0 radical (unpaired) electrons. The predicted octanol–water partition coefficient (Wildman–Crippen LogP) is 3.05. The molecule has 0 spiro atoms. The van der Waals surface area contributed by atoms with Crippen molar-refractivity contribution in [3.63, 3.8) is 0 Å². The van der Waals surface area contributed by atoms with Gasteiger partial charge in [0.2, 0.25) is 5.82 Å². The van der Waals surface area contributed by atoms with E-state index in [0.29, 0.717) is 17.2 Å². The number of rotatable bonds is 2. The van der Waals surface area contributed by atoms with Gasteiger partial charge in [-0.25, -0.2) is 0 Å². The first-order valence-electron chi connectivity index (χ1n) is 6.34. The van der Waals surface area contributed by atoms with Gasteiger partial charge in [-0.1, -0.05) is 0 Å². The molecule has 0 fully saturated rings. The van der Waals surface area contributed by atoms with Crippen molar-refractivity contribution in [3.8, 4) is 17.2 Å². The van der Waals surface area contributed by atoms with Gasteiger partial charge in [-0.2, -0.15) is 17.9 Å². The van der Waals surface area contributed by atoms with Crippen LogP contribution in [0.15, 0.2) is 42.6 Å². The minimum atomic E-state index is -4.37. The quantitative estimate of drug-likeness (QED) is 0.730.